The molecule has 3 heteroatoms. The van der Waals surface area contributed by atoms with E-state index in [1.54, 1.807) is 18.2 Å². The first kappa shape index (κ1) is 9.86. The van der Waals surface area contributed by atoms with Crippen molar-refractivity contribution < 1.29 is 9.84 Å². The average Bonchev–Trinajstić information content (AvgIpc) is 2.11. The smallest absolute Gasteiger partial charge is 0.116 e. The highest BCUT2D eigenvalue weighted by Crippen LogP contribution is 2.18. The second kappa shape index (κ2) is 4.72. The lowest BCUT2D eigenvalue weighted by Crippen LogP contribution is -2.01. The van der Waals surface area contributed by atoms with Gasteiger partial charge in [-0.3, -0.25) is 0 Å². The van der Waals surface area contributed by atoms with E-state index in [1.165, 1.54) is 0 Å². The number of hydrogen-bond acceptors (Lipinski definition) is 3. The van der Waals surface area contributed by atoms with Gasteiger partial charge in [-0.1, -0.05) is 0 Å². The number of nitrogens with two attached hydrogens (primary N) is 1. The van der Waals surface area contributed by atoms with Crippen molar-refractivity contribution in [1.29, 1.82) is 0 Å². The monoisotopic (exact) mass is 181 g/mol. The molecule has 0 atom stereocenters. The Balaban J connectivity index is 2.59. The van der Waals surface area contributed by atoms with Crippen LogP contribution < -0.4 is 5.73 Å². The van der Waals surface area contributed by atoms with E-state index < -0.39 is 0 Å². The first-order valence-electron chi connectivity index (χ1n) is 4.39. The van der Waals surface area contributed by atoms with Crippen molar-refractivity contribution in [1.82, 2.24) is 0 Å². The van der Waals surface area contributed by atoms with E-state index in [1.807, 2.05) is 6.92 Å². The van der Waals surface area contributed by atoms with Gasteiger partial charge in [0.1, 0.15) is 5.75 Å². The molecule has 0 radical (unpaired) electrons. The first-order valence-corrected chi connectivity index (χ1v) is 4.39. The molecule has 1 aromatic rings. The van der Waals surface area contributed by atoms with Crippen molar-refractivity contribution in [3.05, 3.63) is 23.8 Å². The molecule has 0 aliphatic rings. The number of anilines is 1. The Morgan fingerprint density at radius 3 is 2.92 bits per heavy atom. The van der Waals surface area contributed by atoms with E-state index in [0.29, 0.717) is 18.9 Å². The van der Waals surface area contributed by atoms with Crippen LogP contribution in [0.4, 0.5) is 5.69 Å². The van der Waals surface area contributed by atoms with Gasteiger partial charge < -0.3 is 15.6 Å². The molecule has 3 N–H and O–H groups in total. The summed E-state index contributed by atoms with van der Waals surface area (Å²) in [5.41, 5.74) is 7.35. The third-order valence-corrected chi connectivity index (χ3v) is 1.85. The Morgan fingerprint density at radius 1 is 1.46 bits per heavy atom. The molecule has 0 bridgehead atoms. The van der Waals surface area contributed by atoms with Gasteiger partial charge in [-0.15, -0.1) is 0 Å². The summed E-state index contributed by atoms with van der Waals surface area (Å²) in [5, 5.41) is 9.20. The van der Waals surface area contributed by atoms with Crippen LogP contribution in [0.15, 0.2) is 18.2 Å². The standard InChI is InChI=1S/C10H15NO2/c1-2-13-6-5-8-7-9(12)3-4-10(8)11/h3-4,7,12H,2,5-6,11H2,1H3. The van der Waals surface area contributed by atoms with Gasteiger partial charge in [-0.05, 0) is 37.1 Å². The molecule has 1 rings (SSSR count). The fourth-order valence-electron chi connectivity index (χ4n) is 1.14. The molecule has 0 aliphatic carbocycles. The molecule has 3 nitrogen and oxygen atoms in total. The molecular formula is C10H15NO2. The fourth-order valence-corrected chi connectivity index (χ4v) is 1.14. The lowest BCUT2D eigenvalue weighted by Gasteiger charge is -2.05. The van der Waals surface area contributed by atoms with Crippen molar-refractivity contribution in [3.8, 4) is 5.75 Å². The van der Waals surface area contributed by atoms with Crippen molar-refractivity contribution in [2.24, 2.45) is 0 Å². The van der Waals surface area contributed by atoms with Gasteiger partial charge in [-0.25, -0.2) is 0 Å². The molecule has 0 spiro atoms. The van der Waals surface area contributed by atoms with Crippen LogP contribution in [0, 0.1) is 0 Å². The predicted octanol–water partition coefficient (Wildman–Crippen LogP) is 1.55. The lowest BCUT2D eigenvalue weighted by atomic mass is 10.1. The second-order valence-electron chi connectivity index (χ2n) is 2.83. The summed E-state index contributed by atoms with van der Waals surface area (Å²) in [6.07, 6.45) is 0.744. The van der Waals surface area contributed by atoms with Gasteiger partial charge in [0.25, 0.3) is 0 Å². The number of nitrogen functional groups attached to an aromatic ring is 1. The van der Waals surface area contributed by atoms with Gasteiger partial charge >= 0.3 is 0 Å². The van der Waals surface area contributed by atoms with Gasteiger partial charge in [0.05, 0.1) is 6.61 Å². The van der Waals surface area contributed by atoms with Crippen LogP contribution in [-0.4, -0.2) is 18.3 Å². The third kappa shape index (κ3) is 2.95. The Hall–Kier alpha value is -1.22. The molecule has 0 saturated heterocycles. The number of hydrogen-bond donors (Lipinski definition) is 2. The molecule has 0 aromatic heterocycles. The van der Waals surface area contributed by atoms with E-state index in [9.17, 15) is 5.11 Å². The number of rotatable bonds is 4. The molecule has 13 heavy (non-hydrogen) atoms. The number of phenolic OH excluding ortho intramolecular Hbond substituents is 1. The second-order valence-corrected chi connectivity index (χ2v) is 2.83. The summed E-state index contributed by atoms with van der Waals surface area (Å²) in [4.78, 5) is 0. The summed E-state index contributed by atoms with van der Waals surface area (Å²) in [7, 11) is 0. The number of ether oxygens (including phenoxy) is 1. The first-order chi connectivity index (χ1) is 6.24. The molecule has 0 aliphatic heterocycles. The Morgan fingerprint density at radius 2 is 2.23 bits per heavy atom. The largest absolute Gasteiger partial charge is 0.508 e. The predicted molar refractivity (Wildman–Crippen MR) is 52.7 cm³/mol. The van der Waals surface area contributed by atoms with Crippen LogP contribution in [0.2, 0.25) is 0 Å². The van der Waals surface area contributed by atoms with Gasteiger partial charge in [0.2, 0.25) is 0 Å². The normalized spacial score (nSPS) is 10.2. The molecule has 0 unspecified atom stereocenters. The number of benzene rings is 1. The van der Waals surface area contributed by atoms with Crippen molar-refractivity contribution in [2.45, 2.75) is 13.3 Å². The highest BCUT2D eigenvalue weighted by molar-refractivity contribution is 5.50. The highest BCUT2D eigenvalue weighted by atomic mass is 16.5. The summed E-state index contributed by atoms with van der Waals surface area (Å²) >= 11 is 0. The van der Waals surface area contributed by atoms with E-state index in [0.717, 1.165) is 12.0 Å². The fraction of sp³-hybridized carbons (Fsp3) is 0.400. The lowest BCUT2D eigenvalue weighted by molar-refractivity contribution is 0.151. The maximum Gasteiger partial charge on any atom is 0.116 e. The van der Waals surface area contributed by atoms with Crippen LogP contribution in [0.3, 0.4) is 0 Å². The van der Waals surface area contributed by atoms with Crippen LogP contribution in [0.5, 0.6) is 5.75 Å². The van der Waals surface area contributed by atoms with E-state index in [2.05, 4.69) is 0 Å². The van der Waals surface area contributed by atoms with Crippen LogP contribution >= 0.6 is 0 Å². The summed E-state index contributed by atoms with van der Waals surface area (Å²) in [6.45, 7) is 3.30. The summed E-state index contributed by atoms with van der Waals surface area (Å²) < 4.78 is 5.20. The Bertz CT molecular complexity index is 274. The van der Waals surface area contributed by atoms with Crippen molar-refractivity contribution >= 4 is 5.69 Å². The topological polar surface area (TPSA) is 55.5 Å². The highest BCUT2D eigenvalue weighted by Gasteiger charge is 1.99. The Kier molecular flexibility index (Phi) is 3.58. The van der Waals surface area contributed by atoms with Gasteiger partial charge in [-0.2, -0.15) is 0 Å². The summed E-state index contributed by atoms with van der Waals surface area (Å²) in [5.74, 6) is 0.251. The SMILES string of the molecule is CCOCCc1cc(O)ccc1N. The van der Waals surface area contributed by atoms with E-state index >= 15 is 0 Å². The van der Waals surface area contributed by atoms with Crippen LogP contribution in [0.1, 0.15) is 12.5 Å². The van der Waals surface area contributed by atoms with Crippen LogP contribution in [-0.2, 0) is 11.2 Å². The van der Waals surface area contributed by atoms with Gasteiger partial charge in [0.15, 0.2) is 0 Å². The zero-order chi connectivity index (χ0) is 9.68. The van der Waals surface area contributed by atoms with Crippen molar-refractivity contribution in [3.63, 3.8) is 0 Å². The Labute approximate surface area is 78.1 Å². The number of phenols is 1. The van der Waals surface area contributed by atoms with E-state index in [-0.39, 0.29) is 5.75 Å². The van der Waals surface area contributed by atoms with Crippen molar-refractivity contribution in [2.75, 3.05) is 18.9 Å². The molecule has 0 amide bonds. The summed E-state index contributed by atoms with van der Waals surface area (Å²) in [6, 6.07) is 4.96. The maximum absolute atomic E-state index is 9.20. The minimum absolute atomic E-state index is 0.251. The van der Waals surface area contributed by atoms with E-state index in [4.69, 9.17) is 10.5 Å². The molecular weight excluding hydrogens is 166 g/mol. The molecule has 0 heterocycles. The van der Waals surface area contributed by atoms with Crippen LogP contribution in [0.25, 0.3) is 0 Å². The number of aromatic hydroxyl groups is 1. The zero-order valence-corrected chi connectivity index (χ0v) is 7.79. The quantitative estimate of drug-likeness (QED) is 0.421. The zero-order valence-electron chi connectivity index (χ0n) is 7.79. The minimum atomic E-state index is 0.251. The average molecular weight is 181 g/mol. The molecule has 0 saturated carbocycles. The maximum atomic E-state index is 9.20. The minimum Gasteiger partial charge on any atom is -0.508 e. The third-order valence-electron chi connectivity index (χ3n) is 1.85. The molecule has 1 aromatic carbocycles. The molecule has 0 fully saturated rings. The molecule has 72 valence electrons. The van der Waals surface area contributed by atoms with Gasteiger partial charge in [0, 0.05) is 12.3 Å².